The number of nitrogens with one attached hydrogen (secondary N) is 1. The van der Waals surface area contributed by atoms with Crippen LogP contribution >= 0.6 is 0 Å². The van der Waals surface area contributed by atoms with Crippen molar-refractivity contribution in [3.63, 3.8) is 0 Å². The Morgan fingerprint density at radius 1 is 0.943 bits per heavy atom. The number of ether oxygens (including phenoxy) is 1. The predicted molar refractivity (Wildman–Crippen MR) is 127 cm³/mol. The smallest absolute Gasteiger partial charge is 0.255 e. The summed E-state index contributed by atoms with van der Waals surface area (Å²) in [5.41, 5.74) is 1.76. The first-order valence-corrected chi connectivity index (χ1v) is 11.0. The van der Waals surface area contributed by atoms with Crippen molar-refractivity contribution in [3.05, 3.63) is 95.6 Å². The summed E-state index contributed by atoms with van der Waals surface area (Å²) in [5.74, 6) is -8.44. The van der Waals surface area contributed by atoms with E-state index in [9.17, 15) is 27.5 Å². The van der Waals surface area contributed by atoms with Crippen LogP contribution in [0.3, 0.4) is 0 Å². The second-order valence-corrected chi connectivity index (χ2v) is 7.88. The highest BCUT2D eigenvalue weighted by Crippen LogP contribution is 2.35. The third-order valence-corrected chi connectivity index (χ3v) is 5.44. The molecule has 184 valence electrons. The summed E-state index contributed by atoms with van der Waals surface area (Å²) in [4.78, 5) is 12.4. The fourth-order valence-electron chi connectivity index (χ4n) is 3.69. The van der Waals surface area contributed by atoms with Crippen molar-refractivity contribution >= 4 is 16.7 Å². The number of amides is 1. The summed E-state index contributed by atoms with van der Waals surface area (Å²) in [7, 11) is 0. The Morgan fingerprint density at radius 3 is 2.37 bits per heavy atom. The van der Waals surface area contributed by atoms with Crippen LogP contribution < -0.4 is 10.1 Å². The Labute approximate surface area is 200 Å². The number of hydrogen-bond acceptors (Lipinski definition) is 3. The van der Waals surface area contributed by atoms with E-state index in [2.05, 4.69) is 18.5 Å². The maximum absolute atomic E-state index is 14.1. The lowest BCUT2D eigenvalue weighted by Crippen LogP contribution is -2.25. The number of phenols is 1. The molecule has 0 unspecified atom stereocenters. The number of hydrogen-bond donors (Lipinski definition) is 2. The summed E-state index contributed by atoms with van der Waals surface area (Å²) < 4.78 is 60.9. The highest BCUT2D eigenvalue weighted by molar-refractivity contribution is 6.03. The van der Waals surface area contributed by atoms with Crippen LogP contribution in [0.1, 0.15) is 34.3 Å². The topological polar surface area (TPSA) is 58.6 Å². The quantitative estimate of drug-likeness (QED) is 0.112. The molecular weight excluding hydrogens is 462 g/mol. The van der Waals surface area contributed by atoms with Gasteiger partial charge in [0, 0.05) is 11.9 Å². The minimum absolute atomic E-state index is 0.214. The maximum Gasteiger partial charge on any atom is 0.255 e. The largest absolute Gasteiger partial charge is 0.506 e. The molecule has 0 radical (unpaired) electrons. The van der Waals surface area contributed by atoms with Gasteiger partial charge < -0.3 is 15.2 Å². The first-order valence-electron chi connectivity index (χ1n) is 11.0. The summed E-state index contributed by atoms with van der Waals surface area (Å²) in [6, 6.07) is 7.85. The molecule has 0 saturated heterocycles. The van der Waals surface area contributed by atoms with Crippen LogP contribution in [0.15, 0.2) is 55.6 Å². The fourth-order valence-corrected chi connectivity index (χ4v) is 3.69. The molecule has 0 atom stereocenters. The summed E-state index contributed by atoms with van der Waals surface area (Å²) in [6.07, 6.45) is 6.18. The number of fused-ring (bicyclic) bond motifs is 1. The zero-order valence-corrected chi connectivity index (χ0v) is 19.0. The van der Waals surface area contributed by atoms with Crippen molar-refractivity contribution in [2.24, 2.45) is 0 Å². The molecule has 0 aromatic heterocycles. The van der Waals surface area contributed by atoms with Crippen molar-refractivity contribution in [1.29, 1.82) is 0 Å². The number of halogens is 4. The molecule has 3 aromatic rings. The van der Waals surface area contributed by atoms with E-state index >= 15 is 0 Å². The summed E-state index contributed by atoms with van der Waals surface area (Å²) in [6.45, 7) is 8.12. The normalized spacial score (nSPS) is 10.9. The highest BCUT2D eigenvalue weighted by atomic mass is 19.2. The van der Waals surface area contributed by atoms with Gasteiger partial charge in [-0.25, -0.2) is 17.6 Å². The van der Waals surface area contributed by atoms with Gasteiger partial charge >= 0.3 is 0 Å². The van der Waals surface area contributed by atoms with Crippen LogP contribution in [0.4, 0.5) is 17.6 Å². The van der Waals surface area contributed by atoms with Crippen molar-refractivity contribution < 1.29 is 32.2 Å². The number of aromatic hydroxyl groups is 1. The van der Waals surface area contributed by atoms with Crippen molar-refractivity contribution in [3.8, 4) is 11.5 Å². The van der Waals surface area contributed by atoms with Crippen molar-refractivity contribution in [2.45, 2.75) is 25.7 Å². The maximum atomic E-state index is 14.1. The standard InChI is InChI=1S/C27H25F4NO3/c1-3-7-16-9-12-20(17(15-16)8-4-2)35-14-6-5-13-32-27(34)19-11-10-18-21(26(19)33)23(29)25(31)24(30)22(18)28/h3-4,9-12,15,33H,1-2,5-8,13-14H2,(H,32,34). The van der Waals surface area contributed by atoms with Crippen LogP contribution in [0.2, 0.25) is 0 Å². The van der Waals surface area contributed by atoms with Crippen LogP contribution in [-0.4, -0.2) is 24.2 Å². The SMILES string of the molecule is C=CCc1ccc(OCCCCNC(=O)c2ccc3c(F)c(F)c(F)c(F)c3c2O)c(CC=C)c1. The zero-order chi connectivity index (χ0) is 25.5. The molecule has 0 heterocycles. The van der Waals surface area contributed by atoms with Gasteiger partial charge in [-0.15, -0.1) is 13.2 Å². The zero-order valence-electron chi connectivity index (χ0n) is 19.0. The fraction of sp³-hybridized carbons (Fsp3) is 0.222. The number of allylic oxidation sites excluding steroid dienone is 2. The summed E-state index contributed by atoms with van der Waals surface area (Å²) in [5, 5.41) is 11.2. The average Bonchev–Trinajstić information content (AvgIpc) is 2.84. The van der Waals surface area contributed by atoms with E-state index in [4.69, 9.17) is 4.74 Å². The Bertz CT molecular complexity index is 1270. The van der Waals surface area contributed by atoms with E-state index in [1.165, 1.54) is 0 Å². The third-order valence-electron chi connectivity index (χ3n) is 5.44. The second kappa shape index (κ2) is 11.6. The molecule has 4 nitrogen and oxygen atoms in total. The van der Waals surface area contributed by atoms with Gasteiger partial charge in [-0.3, -0.25) is 4.79 Å². The van der Waals surface area contributed by atoms with E-state index in [0.29, 0.717) is 25.9 Å². The Kier molecular flexibility index (Phi) is 8.52. The second-order valence-electron chi connectivity index (χ2n) is 7.88. The number of unbranched alkanes of at least 4 members (excludes halogenated alkanes) is 1. The first kappa shape index (κ1) is 25.8. The van der Waals surface area contributed by atoms with E-state index in [0.717, 1.165) is 35.4 Å². The number of rotatable bonds is 11. The van der Waals surface area contributed by atoms with Crippen LogP contribution in [-0.2, 0) is 12.8 Å². The molecular formula is C27H25F4NO3. The van der Waals surface area contributed by atoms with E-state index in [-0.39, 0.29) is 12.1 Å². The molecule has 35 heavy (non-hydrogen) atoms. The number of benzene rings is 3. The molecule has 1 amide bonds. The molecule has 0 aliphatic carbocycles. The lowest BCUT2D eigenvalue weighted by molar-refractivity contribution is 0.0950. The minimum Gasteiger partial charge on any atom is -0.506 e. The Balaban J connectivity index is 1.56. The third kappa shape index (κ3) is 5.65. The Hall–Kier alpha value is -3.81. The van der Waals surface area contributed by atoms with Gasteiger partial charge in [0.25, 0.3) is 5.91 Å². The predicted octanol–water partition coefficient (Wildman–Crippen LogP) is 6.15. The van der Waals surface area contributed by atoms with Crippen LogP contribution in [0.5, 0.6) is 11.5 Å². The number of carbonyl (C=O) groups excluding carboxylic acids is 1. The van der Waals surface area contributed by atoms with Crippen LogP contribution in [0.25, 0.3) is 10.8 Å². The van der Waals surface area contributed by atoms with Gasteiger partial charge in [0.1, 0.15) is 11.5 Å². The molecule has 3 rings (SSSR count). The van der Waals surface area contributed by atoms with E-state index in [1.54, 1.807) is 6.08 Å². The lowest BCUT2D eigenvalue weighted by atomic mass is 10.0. The molecule has 0 aliphatic heterocycles. The lowest BCUT2D eigenvalue weighted by Gasteiger charge is -2.13. The molecule has 8 heteroatoms. The Morgan fingerprint density at radius 2 is 1.66 bits per heavy atom. The number of carbonyl (C=O) groups is 1. The van der Waals surface area contributed by atoms with Gasteiger partial charge in [-0.2, -0.15) is 0 Å². The van der Waals surface area contributed by atoms with Gasteiger partial charge in [0.15, 0.2) is 23.3 Å². The van der Waals surface area contributed by atoms with Gasteiger partial charge in [0.2, 0.25) is 0 Å². The first-order chi connectivity index (χ1) is 16.8. The van der Waals surface area contributed by atoms with E-state index < -0.39 is 45.7 Å². The minimum atomic E-state index is -2.06. The monoisotopic (exact) mass is 487 g/mol. The molecule has 0 fully saturated rings. The number of phenolic OH excluding ortho intramolecular Hbond substituents is 1. The van der Waals surface area contributed by atoms with Gasteiger partial charge in [-0.05, 0) is 48.9 Å². The van der Waals surface area contributed by atoms with E-state index in [1.807, 2.05) is 24.3 Å². The van der Waals surface area contributed by atoms with Gasteiger partial charge in [0.05, 0.1) is 17.6 Å². The molecule has 0 spiro atoms. The molecule has 2 N–H and O–H groups in total. The van der Waals surface area contributed by atoms with Crippen molar-refractivity contribution in [2.75, 3.05) is 13.2 Å². The molecule has 0 bridgehead atoms. The summed E-state index contributed by atoms with van der Waals surface area (Å²) >= 11 is 0. The molecule has 3 aromatic carbocycles. The molecule has 0 saturated carbocycles. The van der Waals surface area contributed by atoms with Crippen molar-refractivity contribution in [1.82, 2.24) is 5.32 Å². The highest BCUT2D eigenvalue weighted by Gasteiger charge is 2.25. The average molecular weight is 487 g/mol. The van der Waals surface area contributed by atoms with Gasteiger partial charge in [-0.1, -0.05) is 30.4 Å². The molecule has 0 aliphatic rings. The van der Waals surface area contributed by atoms with Crippen LogP contribution in [0, 0.1) is 23.3 Å².